The van der Waals surface area contributed by atoms with Crippen molar-refractivity contribution in [1.82, 2.24) is 4.57 Å². The van der Waals surface area contributed by atoms with Gasteiger partial charge in [-0.05, 0) is 44.7 Å². The van der Waals surface area contributed by atoms with Gasteiger partial charge in [-0.15, -0.1) is 0 Å². The zero-order valence-electron chi connectivity index (χ0n) is 11.2. The van der Waals surface area contributed by atoms with Crippen molar-refractivity contribution < 1.29 is 4.92 Å². The highest BCUT2D eigenvalue weighted by molar-refractivity contribution is 5.92. The second kappa shape index (κ2) is 4.44. The average molecular weight is 271 g/mol. The van der Waals surface area contributed by atoms with Crippen LogP contribution < -0.4 is 5.56 Å². The van der Waals surface area contributed by atoms with E-state index >= 15 is 0 Å². The van der Waals surface area contributed by atoms with Gasteiger partial charge in [0.25, 0.3) is 11.2 Å². The molecule has 1 saturated carbocycles. The standard InChI is InChI=1S/C15H15N2O3/c1-9(2)16-8-7-12-13(15(16)18)6-5-11(10-3-4-10)14(12)17(19)20/h5-10H,1,3-4H2,2H3/t9-/m1/s1. The van der Waals surface area contributed by atoms with E-state index in [4.69, 9.17) is 0 Å². The number of hydrogen-bond acceptors (Lipinski definition) is 3. The molecule has 0 saturated heterocycles. The van der Waals surface area contributed by atoms with Crippen LogP contribution in [-0.2, 0) is 0 Å². The minimum absolute atomic E-state index is 0.0889. The van der Waals surface area contributed by atoms with Gasteiger partial charge in [0.2, 0.25) is 0 Å². The Morgan fingerprint density at radius 1 is 1.35 bits per heavy atom. The van der Waals surface area contributed by atoms with Gasteiger partial charge in [-0.3, -0.25) is 14.9 Å². The van der Waals surface area contributed by atoms with Gasteiger partial charge in [-0.2, -0.15) is 0 Å². The molecule has 1 radical (unpaired) electrons. The molecule has 2 aromatic rings. The molecular weight excluding hydrogens is 256 g/mol. The van der Waals surface area contributed by atoms with Gasteiger partial charge in [-0.25, -0.2) is 0 Å². The Kier molecular flexibility index (Phi) is 2.85. The van der Waals surface area contributed by atoms with Crippen LogP contribution in [0, 0.1) is 17.0 Å². The lowest BCUT2D eigenvalue weighted by Gasteiger charge is -2.11. The monoisotopic (exact) mass is 271 g/mol. The van der Waals surface area contributed by atoms with Crippen molar-refractivity contribution >= 4 is 16.5 Å². The van der Waals surface area contributed by atoms with Crippen molar-refractivity contribution in [3.8, 4) is 0 Å². The van der Waals surface area contributed by atoms with Crippen LogP contribution in [0.3, 0.4) is 0 Å². The Hall–Kier alpha value is -2.17. The van der Waals surface area contributed by atoms with Crippen LogP contribution in [0.1, 0.15) is 37.3 Å². The summed E-state index contributed by atoms with van der Waals surface area (Å²) >= 11 is 0. The largest absolute Gasteiger partial charge is 0.312 e. The third kappa shape index (κ3) is 1.90. The van der Waals surface area contributed by atoms with E-state index in [1.54, 1.807) is 31.3 Å². The van der Waals surface area contributed by atoms with Gasteiger partial charge in [0.05, 0.1) is 15.7 Å². The number of fused-ring (bicyclic) bond motifs is 1. The fourth-order valence-electron chi connectivity index (χ4n) is 2.62. The van der Waals surface area contributed by atoms with Crippen LogP contribution in [0.4, 0.5) is 5.69 Å². The highest BCUT2D eigenvalue weighted by atomic mass is 16.6. The molecule has 0 N–H and O–H groups in total. The number of pyridine rings is 1. The van der Waals surface area contributed by atoms with E-state index in [0.29, 0.717) is 10.8 Å². The minimum Gasteiger partial charge on any atom is -0.312 e. The van der Waals surface area contributed by atoms with Gasteiger partial charge in [0.15, 0.2) is 0 Å². The maximum absolute atomic E-state index is 12.3. The molecule has 1 aromatic carbocycles. The number of aromatic nitrogens is 1. The minimum atomic E-state index is -0.368. The van der Waals surface area contributed by atoms with Crippen LogP contribution in [0.2, 0.25) is 0 Å². The predicted octanol–water partition coefficient (Wildman–Crippen LogP) is 3.18. The summed E-state index contributed by atoms with van der Waals surface area (Å²) in [6.07, 6.45) is 3.56. The van der Waals surface area contributed by atoms with E-state index in [1.807, 2.05) is 0 Å². The van der Waals surface area contributed by atoms with Crippen molar-refractivity contribution in [1.29, 1.82) is 0 Å². The maximum Gasteiger partial charge on any atom is 0.280 e. The Bertz CT molecular complexity index is 758. The smallest absolute Gasteiger partial charge is 0.280 e. The highest BCUT2D eigenvalue weighted by Crippen LogP contribution is 2.45. The first-order chi connectivity index (χ1) is 9.50. The summed E-state index contributed by atoms with van der Waals surface area (Å²) < 4.78 is 1.49. The summed E-state index contributed by atoms with van der Waals surface area (Å²) in [5, 5.41) is 12.2. The Morgan fingerprint density at radius 2 is 2.05 bits per heavy atom. The summed E-state index contributed by atoms with van der Waals surface area (Å²) in [6.45, 7) is 5.62. The summed E-state index contributed by atoms with van der Waals surface area (Å²) in [5.41, 5.74) is 0.615. The van der Waals surface area contributed by atoms with Crippen molar-refractivity contribution in [2.45, 2.75) is 31.7 Å². The van der Waals surface area contributed by atoms with Crippen molar-refractivity contribution in [2.75, 3.05) is 0 Å². The van der Waals surface area contributed by atoms with E-state index in [2.05, 4.69) is 6.92 Å². The van der Waals surface area contributed by atoms with E-state index in [-0.39, 0.29) is 28.1 Å². The molecule has 0 amide bonds. The molecule has 1 heterocycles. The number of benzene rings is 1. The summed E-state index contributed by atoms with van der Waals surface area (Å²) in [4.78, 5) is 23.4. The van der Waals surface area contributed by atoms with Crippen LogP contribution in [0.15, 0.2) is 29.2 Å². The first-order valence-corrected chi connectivity index (χ1v) is 6.66. The van der Waals surface area contributed by atoms with E-state index in [9.17, 15) is 14.9 Å². The van der Waals surface area contributed by atoms with Crippen LogP contribution in [0.25, 0.3) is 10.8 Å². The molecule has 1 aliphatic carbocycles. The number of nitrogens with zero attached hydrogens (tertiary/aromatic N) is 2. The molecular formula is C15H15N2O3. The van der Waals surface area contributed by atoms with Gasteiger partial charge in [0.1, 0.15) is 0 Å². The normalized spacial score (nSPS) is 14.9. The van der Waals surface area contributed by atoms with Crippen LogP contribution in [0.5, 0.6) is 0 Å². The van der Waals surface area contributed by atoms with Gasteiger partial charge in [-0.1, -0.05) is 6.07 Å². The topological polar surface area (TPSA) is 65.1 Å². The summed E-state index contributed by atoms with van der Waals surface area (Å²) in [7, 11) is 0. The van der Waals surface area contributed by atoms with Gasteiger partial charge < -0.3 is 4.57 Å². The van der Waals surface area contributed by atoms with E-state index in [0.717, 1.165) is 18.4 Å². The third-order valence-electron chi connectivity index (χ3n) is 3.79. The molecule has 0 unspecified atom stereocenters. The lowest BCUT2D eigenvalue weighted by molar-refractivity contribution is -0.383. The van der Waals surface area contributed by atoms with E-state index in [1.165, 1.54) is 4.57 Å². The zero-order valence-corrected chi connectivity index (χ0v) is 11.2. The summed E-state index contributed by atoms with van der Waals surface area (Å²) in [5.74, 6) is 0.272. The molecule has 0 spiro atoms. The first-order valence-electron chi connectivity index (χ1n) is 6.66. The lowest BCUT2D eigenvalue weighted by atomic mass is 10.0. The summed E-state index contributed by atoms with van der Waals surface area (Å²) in [6, 6.07) is 4.88. The third-order valence-corrected chi connectivity index (χ3v) is 3.79. The quantitative estimate of drug-likeness (QED) is 0.636. The zero-order chi connectivity index (χ0) is 14.4. The van der Waals surface area contributed by atoms with Gasteiger partial charge in [0, 0.05) is 17.8 Å². The number of rotatable bonds is 3. The first kappa shape index (κ1) is 12.8. The molecule has 3 rings (SSSR count). The van der Waals surface area contributed by atoms with Crippen molar-refractivity contribution in [3.63, 3.8) is 0 Å². The van der Waals surface area contributed by atoms with Crippen molar-refractivity contribution in [3.05, 3.63) is 57.4 Å². The fraction of sp³-hybridized carbons (Fsp3) is 0.333. The number of nitro groups is 1. The van der Waals surface area contributed by atoms with E-state index < -0.39 is 0 Å². The molecule has 20 heavy (non-hydrogen) atoms. The number of nitro benzene ring substituents is 1. The Balaban J connectivity index is 2.35. The van der Waals surface area contributed by atoms with Crippen LogP contribution >= 0.6 is 0 Å². The molecule has 1 aliphatic rings. The molecule has 0 bridgehead atoms. The highest BCUT2D eigenvalue weighted by Gasteiger charge is 2.32. The SMILES string of the molecule is [CH2][C@H](C)n1ccc2c([N+](=O)[O-])c(C3CC3)ccc2c1=O. The number of hydrogen-bond donors (Lipinski definition) is 0. The molecule has 103 valence electrons. The fourth-order valence-corrected chi connectivity index (χ4v) is 2.62. The van der Waals surface area contributed by atoms with Crippen molar-refractivity contribution in [2.24, 2.45) is 0 Å². The van der Waals surface area contributed by atoms with Crippen LogP contribution in [-0.4, -0.2) is 9.49 Å². The molecule has 1 atom stereocenters. The van der Waals surface area contributed by atoms with Gasteiger partial charge >= 0.3 is 0 Å². The molecule has 5 nitrogen and oxygen atoms in total. The molecule has 1 aromatic heterocycles. The second-order valence-electron chi connectivity index (χ2n) is 5.37. The predicted molar refractivity (Wildman–Crippen MR) is 76.9 cm³/mol. The molecule has 1 fully saturated rings. The molecule has 5 heteroatoms. The Morgan fingerprint density at radius 3 is 2.60 bits per heavy atom. The Labute approximate surface area is 116 Å². The maximum atomic E-state index is 12.3. The average Bonchev–Trinajstić information content (AvgIpc) is 3.21. The second-order valence-corrected chi connectivity index (χ2v) is 5.37. The molecule has 0 aliphatic heterocycles. The lowest BCUT2D eigenvalue weighted by Crippen LogP contribution is -2.21.